The molecule has 3 N–H and O–H groups in total. The van der Waals surface area contributed by atoms with E-state index in [-0.39, 0.29) is 35.5 Å². The number of carbonyl (C=O) groups is 3. The molecular weight excluding hydrogens is 368 g/mol. The summed E-state index contributed by atoms with van der Waals surface area (Å²) >= 11 is 1.66. The molecule has 4 amide bonds. The van der Waals surface area contributed by atoms with Gasteiger partial charge in [-0.25, -0.2) is 9.78 Å². The van der Waals surface area contributed by atoms with Crippen LogP contribution in [0.1, 0.15) is 42.5 Å². The van der Waals surface area contributed by atoms with Gasteiger partial charge in [-0.05, 0) is 56.2 Å². The SMILES string of the molecule is CSCC[C@@H]1NC(=O)N([C@H]2CC[C@H](Oc3ncccc3C(N)=O)CC2)C1=O. The number of nitrogens with two attached hydrogens (primary N) is 1. The maximum absolute atomic E-state index is 12.6. The lowest BCUT2D eigenvalue weighted by Gasteiger charge is -2.33. The minimum atomic E-state index is -0.581. The molecule has 1 aromatic rings. The molecule has 1 atom stereocenters. The van der Waals surface area contributed by atoms with Crippen LogP contribution < -0.4 is 15.8 Å². The molecule has 0 radical (unpaired) electrons. The number of pyridine rings is 1. The van der Waals surface area contributed by atoms with Crippen molar-refractivity contribution >= 4 is 29.6 Å². The van der Waals surface area contributed by atoms with Gasteiger partial charge < -0.3 is 15.8 Å². The van der Waals surface area contributed by atoms with Gasteiger partial charge in [0.25, 0.3) is 11.8 Å². The van der Waals surface area contributed by atoms with Gasteiger partial charge in [-0.15, -0.1) is 0 Å². The van der Waals surface area contributed by atoms with Gasteiger partial charge in [0.1, 0.15) is 17.7 Å². The van der Waals surface area contributed by atoms with Crippen LogP contribution in [0.4, 0.5) is 4.79 Å². The number of imide groups is 1. The average molecular weight is 392 g/mol. The van der Waals surface area contributed by atoms with Gasteiger partial charge >= 0.3 is 6.03 Å². The first-order valence-corrected chi connectivity index (χ1v) is 10.4. The van der Waals surface area contributed by atoms with Gasteiger partial charge in [0.15, 0.2) is 0 Å². The Balaban J connectivity index is 1.57. The number of nitrogens with zero attached hydrogens (tertiary/aromatic N) is 2. The fourth-order valence-electron chi connectivity index (χ4n) is 3.58. The molecule has 0 spiro atoms. The number of urea groups is 1. The molecule has 1 aliphatic heterocycles. The minimum Gasteiger partial charge on any atom is -0.474 e. The van der Waals surface area contributed by atoms with Crippen LogP contribution in [0.5, 0.6) is 5.88 Å². The van der Waals surface area contributed by atoms with E-state index in [4.69, 9.17) is 10.5 Å². The maximum atomic E-state index is 12.6. The Kier molecular flexibility index (Phi) is 6.20. The van der Waals surface area contributed by atoms with E-state index in [1.807, 2.05) is 6.26 Å². The normalized spacial score (nSPS) is 25.4. The number of aromatic nitrogens is 1. The third-order valence-electron chi connectivity index (χ3n) is 4.99. The van der Waals surface area contributed by atoms with Crippen molar-refractivity contribution in [3.63, 3.8) is 0 Å². The summed E-state index contributed by atoms with van der Waals surface area (Å²) in [5, 5.41) is 2.79. The second-order valence-electron chi connectivity index (χ2n) is 6.76. The van der Waals surface area contributed by atoms with Crippen molar-refractivity contribution in [1.29, 1.82) is 0 Å². The van der Waals surface area contributed by atoms with Gasteiger partial charge in [0.05, 0.1) is 0 Å². The van der Waals surface area contributed by atoms with Crippen LogP contribution in [-0.4, -0.2) is 57.9 Å². The highest BCUT2D eigenvalue weighted by atomic mass is 32.2. The number of thioether (sulfide) groups is 1. The molecule has 0 unspecified atom stereocenters. The molecule has 2 heterocycles. The number of nitrogens with one attached hydrogen (secondary N) is 1. The van der Waals surface area contributed by atoms with Crippen LogP contribution in [0.3, 0.4) is 0 Å². The van der Waals surface area contributed by atoms with E-state index in [1.165, 1.54) is 4.90 Å². The van der Waals surface area contributed by atoms with Gasteiger partial charge in [-0.3, -0.25) is 14.5 Å². The topological polar surface area (TPSA) is 115 Å². The first-order chi connectivity index (χ1) is 13.0. The maximum Gasteiger partial charge on any atom is 0.325 e. The molecule has 2 aliphatic rings. The van der Waals surface area contributed by atoms with Crippen LogP contribution in [0.2, 0.25) is 0 Å². The van der Waals surface area contributed by atoms with E-state index >= 15 is 0 Å². The van der Waals surface area contributed by atoms with Crippen molar-refractivity contribution in [2.75, 3.05) is 12.0 Å². The third-order valence-corrected chi connectivity index (χ3v) is 5.63. The molecule has 2 fully saturated rings. The largest absolute Gasteiger partial charge is 0.474 e. The van der Waals surface area contributed by atoms with Crippen LogP contribution in [-0.2, 0) is 4.79 Å². The molecule has 1 saturated heterocycles. The molecule has 3 rings (SSSR count). The van der Waals surface area contributed by atoms with Gasteiger partial charge in [0.2, 0.25) is 5.88 Å². The molecular formula is C18H24N4O4S. The Morgan fingerprint density at radius 2 is 2.11 bits per heavy atom. The average Bonchev–Trinajstić information content (AvgIpc) is 2.94. The Bertz CT molecular complexity index is 721. The highest BCUT2D eigenvalue weighted by molar-refractivity contribution is 7.98. The van der Waals surface area contributed by atoms with E-state index in [0.29, 0.717) is 32.1 Å². The quantitative estimate of drug-likeness (QED) is 0.680. The summed E-state index contributed by atoms with van der Waals surface area (Å²) in [7, 11) is 0. The van der Waals surface area contributed by atoms with Crippen molar-refractivity contribution < 1.29 is 19.1 Å². The Morgan fingerprint density at radius 1 is 1.37 bits per heavy atom. The molecule has 8 nitrogen and oxygen atoms in total. The number of hydrogen-bond donors (Lipinski definition) is 2. The van der Waals surface area contributed by atoms with E-state index in [0.717, 1.165) is 5.75 Å². The highest BCUT2D eigenvalue weighted by Crippen LogP contribution is 2.29. The van der Waals surface area contributed by atoms with Crippen molar-refractivity contribution in [2.45, 2.75) is 50.3 Å². The zero-order valence-electron chi connectivity index (χ0n) is 15.2. The van der Waals surface area contributed by atoms with E-state index in [2.05, 4.69) is 10.3 Å². The second-order valence-corrected chi connectivity index (χ2v) is 7.75. The first kappa shape index (κ1) is 19.5. The summed E-state index contributed by atoms with van der Waals surface area (Å²) in [6.07, 6.45) is 6.73. The number of primary amides is 1. The van der Waals surface area contributed by atoms with Crippen LogP contribution in [0, 0.1) is 0 Å². The summed E-state index contributed by atoms with van der Waals surface area (Å²) in [6, 6.07) is 2.39. The van der Waals surface area contributed by atoms with Gasteiger partial charge in [-0.2, -0.15) is 11.8 Å². The van der Waals surface area contributed by atoms with Crippen LogP contribution in [0.25, 0.3) is 0 Å². The molecule has 9 heteroatoms. The van der Waals surface area contributed by atoms with Crippen LogP contribution in [0.15, 0.2) is 18.3 Å². The molecule has 146 valence electrons. The highest BCUT2D eigenvalue weighted by Gasteiger charge is 2.42. The van der Waals surface area contributed by atoms with E-state index in [9.17, 15) is 14.4 Å². The fraction of sp³-hybridized carbons (Fsp3) is 0.556. The summed E-state index contributed by atoms with van der Waals surface area (Å²) < 4.78 is 5.87. The van der Waals surface area contributed by atoms with E-state index in [1.54, 1.807) is 30.1 Å². The Labute approximate surface area is 162 Å². The minimum absolute atomic E-state index is 0.115. The molecule has 27 heavy (non-hydrogen) atoms. The zero-order valence-corrected chi connectivity index (χ0v) is 16.0. The molecule has 0 bridgehead atoms. The number of amides is 4. The standard InChI is InChI=1S/C18H24N4O4S/c1-27-10-8-14-17(24)22(18(25)21-14)11-4-6-12(7-5-11)26-16-13(15(19)23)3-2-9-20-16/h2-3,9,11-12,14H,4-8,10H2,1H3,(H2,19,23)(H,21,25)/t11-,12-,14-/m0/s1. The number of hydrogen-bond acceptors (Lipinski definition) is 6. The van der Waals surface area contributed by atoms with Gasteiger partial charge in [0, 0.05) is 12.2 Å². The smallest absolute Gasteiger partial charge is 0.325 e. The van der Waals surface area contributed by atoms with Crippen LogP contribution >= 0.6 is 11.8 Å². The Hall–Kier alpha value is -2.29. The summed E-state index contributed by atoms with van der Waals surface area (Å²) in [6.45, 7) is 0. The molecule has 1 aliphatic carbocycles. The van der Waals surface area contributed by atoms with Crippen molar-refractivity contribution in [1.82, 2.24) is 15.2 Å². The van der Waals surface area contributed by atoms with Crippen molar-refractivity contribution in [3.8, 4) is 5.88 Å². The third kappa shape index (κ3) is 4.35. The van der Waals surface area contributed by atoms with Crippen molar-refractivity contribution in [3.05, 3.63) is 23.9 Å². The lowest BCUT2D eigenvalue weighted by molar-refractivity contribution is -0.129. The number of ether oxygens (including phenoxy) is 1. The van der Waals surface area contributed by atoms with Gasteiger partial charge in [-0.1, -0.05) is 0 Å². The fourth-order valence-corrected chi connectivity index (χ4v) is 4.05. The predicted molar refractivity (Wildman–Crippen MR) is 102 cm³/mol. The molecule has 0 aromatic carbocycles. The first-order valence-electron chi connectivity index (χ1n) is 9.05. The molecule has 1 aromatic heterocycles. The second kappa shape index (κ2) is 8.60. The predicted octanol–water partition coefficient (Wildman–Crippen LogP) is 1.54. The lowest BCUT2D eigenvalue weighted by Crippen LogP contribution is -2.44. The number of carbonyl (C=O) groups excluding carboxylic acids is 3. The summed E-state index contributed by atoms with van der Waals surface area (Å²) in [5.74, 6) is 0.360. The summed E-state index contributed by atoms with van der Waals surface area (Å²) in [4.78, 5) is 41.8. The molecule has 1 saturated carbocycles. The van der Waals surface area contributed by atoms with E-state index < -0.39 is 11.9 Å². The van der Waals surface area contributed by atoms with Crippen molar-refractivity contribution in [2.24, 2.45) is 5.73 Å². The summed E-state index contributed by atoms with van der Waals surface area (Å²) in [5.41, 5.74) is 5.61. The monoisotopic (exact) mass is 392 g/mol. The number of rotatable bonds is 7. The zero-order chi connectivity index (χ0) is 19.4. The lowest BCUT2D eigenvalue weighted by atomic mass is 9.91. The Morgan fingerprint density at radius 3 is 2.78 bits per heavy atom.